The third-order valence-corrected chi connectivity index (χ3v) is 5.70. The standard InChI is InChI=1S/C23H17NOS2/c1-16-7-13-20(14-8-16)24-22(25)21(27-23(24)26)15-17-9-11-19(12-10-17)18-5-3-2-4-6-18/h2-15H,1H3/b21-15-. The van der Waals surface area contributed by atoms with Crippen molar-refractivity contribution in [3.63, 3.8) is 0 Å². The molecule has 0 N–H and O–H groups in total. The van der Waals surface area contributed by atoms with Crippen molar-refractivity contribution in [2.75, 3.05) is 4.90 Å². The predicted molar refractivity (Wildman–Crippen MR) is 119 cm³/mol. The highest BCUT2D eigenvalue weighted by Gasteiger charge is 2.33. The number of hydrogen-bond donors (Lipinski definition) is 0. The molecule has 0 atom stereocenters. The molecular formula is C23H17NOS2. The van der Waals surface area contributed by atoms with Gasteiger partial charge in [-0.1, -0.05) is 96.3 Å². The highest BCUT2D eigenvalue weighted by Crippen LogP contribution is 2.36. The lowest BCUT2D eigenvalue weighted by molar-refractivity contribution is -0.113. The van der Waals surface area contributed by atoms with E-state index in [1.165, 1.54) is 17.3 Å². The summed E-state index contributed by atoms with van der Waals surface area (Å²) in [6, 6.07) is 26.3. The minimum atomic E-state index is -0.0685. The summed E-state index contributed by atoms with van der Waals surface area (Å²) in [7, 11) is 0. The molecule has 0 spiro atoms. The van der Waals surface area contributed by atoms with Crippen molar-refractivity contribution in [1.82, 2.24) is 0 Å². The molecule has 1 aliphatic heterocycles. The largest absolute Gasteiger partial charge is 0.270 e. The molecule has 0 unspecified atom stereocenters. The molecule has 27 heavy (non-hydrogen) atoms. The first-order valence-corrected chi connectivity index (χ1v) is 9.84. The SMILES string of the molecule is Cc1ccc(N2C(=O)/C(=C/c3ccc(-c4ccccc4)cc3)SC2=S)cc1. The molecule has 0 bridgehead atoms. The van der Waals surface area contributed by atoms with E-state index in [4.69, 9.17) is 12.2 Å². The second kappa shape index (κ2) is 7.51. The van der Waals surface area contributed by atoms with E-state index in [0.29, 0.717) is 9.23 Å². The van der Waals surface area contributed by atoms with Gasteiger partial charge in [0.1, 0.15) is 0 Å². The van der Waals surface area contributed by atoms with E-state index in [9.17, 15) is 4.79 Å². The van der Waals surface area contributed by atoms with Crippen LogP contribution >= 0.6 is 24.0 Å². The van der Waals surface area contributed by atoms with E-state index in [1.807, 2.05) is 67.6 Å². The molecule has 1 aliphatic rings. The molecule has 3 aromatic rings. The summed E-state index contributed by atoms with van der Waals surface area (Å²) < 4.78 is 0.566. The maximum absolute atomic E-state index is 12.8. The molecule has 0 aromatic heterocycles. The van der Waals surface area contributed by atoms with Crippen LogP contribution in [0, 0.1) is 6.92 Å². The zero-order valence-electron chi connectivity index (χ0n) is 14.8. The number of carbonyl (C=O) groups is 1. The summed E-state index contributed by atoms with van der Waals surface area (Å²) in [5.74, 6) is -0.0685. The third-order valence-electron chi connectivity index (χ3n) is 4.40. The van der Waals surface area contributed by atoms with Crippen LogP contribution in [-0.4, -0.2) is 10.2 Å². The van der Waals surface area contributed by atoms with E-state index < -0.39 is 0 Å². The van der Waals surface area contributed by atoms with Crippen LogP contribution in [0.2, 0.25) is 0 Å². The molecule has 4 heteroatoms. The molecule has 132 valence electrons. The summed E-state index contributed by atoms with van der Waals surface area (Å²) in [5, 5.41) is 0. The molecule has 0 saturated carbocycles. The number of aryl methyl sites for hydroxylation is 1. The van der Waals surface area contributed by atoms with Crippen molar-refractivity contribution >= 4 is 46.0 Å². The van der Waals surface area contributed by atoms with Gasteiger partial charge in [0.2, 0.25) is 0 Å². The van der Waals surface area contributed by atoms with Gasteiger partial charge in [0.15, 0.2) is 4.32 Å². The van der Waals surface area contributed by atoms with Gasteiger partial charge in [0, 0.05) is 0 Å². The fraction of sp³-hybridized carbons (Fsp3) is 0.0435. The maximum atomic E-state index is 12.8. The number of thiocarbonyl (C=S) groups is 1. The number of nitrogens with zero attached hydrogens (tertiary/aromatic N) is 1. The summed E-state index contributed by atoms with van der Waals surface area (Å²) in [6.45, 7) is 2.02. The topological polar surface area (TPSA) is 20.3 Å². The van der Waals surface area contributed by atoms with Gasteiger partial charge in [0.05, 0.1) is 10.6 Å². The zero-order chi connectivity index (χ0) is 18.8. The number of thioether (sulfide) groups is 1. The van der Waals surface area contributed by atoms with Gasteiger partial charge < -0.3 is 0 Å². The van der Waals surface area contributed by atoms with E-state index in [0.717, 1.165) is 22.4 Å². The van der Waals surface area contributed by atoms with Crippen LogP contribution in [0.3, 0.4) is 0 Å². The van der Waals surface area contributed by atoms with Crippen molar-refractivity contribution in [3.05, 3.63) is 94.9 Å². The van der Waals surface area contributed by atoms with E-state index in [1.54, 1.807) is 4.90 Å². The minimum absolute atomic E-state index is 0.0685. The lowest BCUT2D eigenvalue weighted by atomic mass is 10.0. The molecule has 2 nitrogen and oxygen atoms in total. The monoisotopic (exact) mass is 387 g/mol. The average molecular weight is 388 g/mol. The average Bonchev–Trinajstić information content (AvgIpc) is 2.97. The number of rotatable bonds is 3. The lowest BCUT2D eigenvalue weighted by Gasteiger charge is -2.14. The second-order valence-corrected chi connectivity index (χ2v) is 8.02. The number of amides is 1. The van der Waals surface area contributed by atoms with Gasteiger partial charge in [-0.25, -0.2) is 0 Å². The summed E-state index contributed by atoms with van der Waals surface area (Å²) in [6.07, 6.45) is 1.91. The van der Waals surface area contributed by atoms with Crippen LogP contribution < -0.4 is 4.90 Å². The summed E-state index contributed by atoms with van der Waals surface area (Å²) in [4.78, 5) is 15.1. The van der Waals surface area contributed by atoms with Crippen LogP contribution in [0.5, 0.6) is 0 Å². The van der Waals surface area contributed by atoms with E-state index in [2.05, 4.69) is 24.3 Å². The Morgan fingerprint density at radius 2 is 1.48 bits per heavy atom. The zero-order valence-corrected chi connectivity index (χ0v) is 16.4. The molecule has 1 amide bonds. The van der Waals surface area contributed by atoms with Gasteiger partial charge in [-0.3, -0.25) is 9.69 Å². The molecule has 1 saturated heterocycles. The van der Waals surface area contributed by atoms with Crippen molar-refractivity contribution in [2.45, 2.75) is 6.92 Å². The van der Waals surface area contributed by atoms with Gasteiger partial charge in [-0.2, -0.15) is 0 Å². The highest BCUT2D eigenvalue weighted by atomic mass is 32.2. The predicted octanol–water partition coefficient (Wildman–Crippen LogP) is 6.07. The Kier molecular flexibility index (Phi) is 4.92. The first-order valence-electron chi connectivity index (χ1n) is 8.62. The van der Waals surface area contributed by atoms with Crippen LogP contribution in [0.1, 0.15) is 11.1 Å². The quantitative estimate of drug-likeness (QED) is 0.402. The second-order valence-electron chi connectivity index (χ2n) is 6.34. The van der Waals surface area contributed by atoms with Gasteiger partial charge in [-0.05, 0) is 41.8 Å². The smallest absolute Gasteiger partial charge is 0.268 e. The minimum Gasteiger partial charge on any atom is -0.268 e. The van der Waals surface area contributed by atoms with E-state index >= 15 is 0 Å². The van der Waals surface area contributed by atoms with Crippen molar-refractivity contribution in [2.24, 2.45) is 0 Å². The normalized spacial score (nSPS) is 15.6. The summed E-state index contributed by atoms with van der Waals surface area (Å²) >= 11 is 6.78. The Bertz CT molecular complexity index is 1020. The molecule has 0 radical (unpaired) electrons. The van der Waals surface area contributed by atoms with Crippen LogP contribution in [0.4, 0.5) is 5.69 Å². The Morgan fingerprint density at radius 1 is 0.852 bits per heavy atom. The van der Waals surface area contributed by atoms with Gasteiger partial charge in [-0.15, -0.1) is 0 Å². The van der Waals surface area contributed by atoms with Crippen LogP contribution in [0.25, 0.3) is 17.2 Å². The fourth-order valence-electron chi connectivity index (χ4n) is 2.94. The molecule has 1 heterocycles. The Balaban J connectivity index is 1.58. The van der Waals surface area contributed by atoms with Crippen molar-refractivity contribution in [1.29, 1.82) is 0 Å². The highest BCUT2D eigenvalue weighted by molar-refractivity contribution is 8.27. The molecular weight excluding hydrogens is 370 g/mol. The lowest BCUT2D eigenvalue weighted by Crippen LogP contribution is -2.27. The van der Waals surface area contributed by atoms with Crippen LogP contribution in [-0.2, 0) is 4.79 Å². The number of anilines is 1. The Hall–Kier alpha value is -2.69. The molecule has 4 rings (SSSR count). The number of hydrogen-bond acceptors (Lipinski definition) is 3. The third kappa shape index (κ3) is 3.72. The Morgan fingerprint density at radius 3 is 2.15 bits per heavy atom. The number of carbonyl (C=O) groups excluding carboxylic acids is 1. The molecule has 0 aliphatic carbocycles. The van der Waals surface area contributed by atoms with Crippen molar-refractivity contribution in [3.8, 4) is 11.1 Å². The van der Waals surface area contributed by atoms with Crippen molar-refractivity contribution < 1.29 is 4.79 Å². The Labute approximate surface area is 168 Å². The first kappa shape index (κ1) is 17.7. The molecule has 1 fully saturated rings. The van der Waals surface area contributed by atoms with Gasteiger partial charge >= 0.3 is 0 Å². The first-order chi connectivity index (χ1) is 13.1. The maximum Gasteiger partial charge on any atom is 0.270 e. The number of benzene rings is 3. The van der Waals surface area contributed by atoms with Crippen LogP contribution in [0.15, 0.2) is 83.8 Å². The van der Waals surface area contributed by atoms with E-state index in [-0.39, 0.29) is 5.91 Å². The summed E-state index contributed by atoms with van der Waals surface area (Å²) in [5.41, 5.74) is 5.28. The van der Waals surface area contributed by atoms with Gasteiger partial charge in [0.25, 0.3) is 5.91 Å². The molecule has 3 aromatic carbocycles. The fourth-order valence-corrected chi connectivity index (χ4v) is 4.24.